The van der Waals surface area contributed by atoms with Crippen molar-refractivity contribution >= 4 is 29.9 Å². The molecule has 0 saturated heterocycles. The second kappa shape index (κ2) is 11.1. The largest absolute Gasteiger partial charge is 0.357 e. The molecule has 6 nitrogen and oxygen atoms in total. The Kier molecular flexibility index (Phi) is 9.48. The highest BCUT2D eigenvalue weighted by molar-refractivity contribution is 14.0. The first-order chi connectivity index (χ1) is 11.6. The van der Waals surface area contributed by atoms with Gasteiger partial charge in [-0.05, 0) is 39.7 Å². The second-order valence-electron chi connectivity index (χ2n) is 5.92. The summed E-state index contributed by atoms with van der Waals surface area (Å²) in [5, 5.41) is 10.4. The quantitative estimate of drug-likeness (QED) is 0.380. The van der Waals surface area contributed by atoms with Crippen LogP contribution in [0.25, 0.3) is 0 Å². The van der Waals surface area contributed by atoms with E-state index in [1.807, 2.05) is 6.92 Å². The molecule has 25 heavy (non-hydrogen) atoms. The summed E-state index contributed by atoms with van der Waals surface area (Å²) >= 11 is 0. The predicted molar refractivity (Wildman–Crippen MR) is 112 cm³/mol. The van der Waals surface area contributed by atoms with Gasteiger partial charge in [-0.15, -0.1) is 24.0 Å². The average Bonchev–Trinajstić information content (AvgIpc) is 2.92. The highest BCUT2D eigenvalue weighted by Crippen LogP contribution is 2.08. The lowest BCUT2D eigenvalue weighted by Crippen LogP contribution is -2.38. The molecule has 1 aromatic heterocycles. The van der Waals surface area contributed by atoms with E-state index in [-0.39, 0.29) is 24.0 Å². The Hall–Kier alpha value is -1.64. The van der Waals surface area contributed by atoms with Gasteiger partial charge >= 0.3 is 0 Å². The van der Waals surface area contributed by atoms with Gasteiger partial charge in [0.1, 0.15) is 0 Å². The van der Waals surface area contributed by atoms with Crippen LogP contribution in [0.5, 0.6) is 0 Å². The van der Waals surface area contributed by atoms with Gasteiger partial charge in [-0.3, -0.25) is 4.99 Å². The Balaban J connectivity index is 0.00000312. The van der Waals surface area contributed by atoms with Gasteiger partial charge in [0.25, 0.3) is 0 Å². The minimum atomic E-state index is 0. The van der Waals surface area contributed by atoms with Crippen LogP contribution < -0.4 is 10.6 Å². The highest BCUT2D eigenvalue weighted by atomic mass is 127. The summed E-state index contributed by atoms with van der Waals surface area (Å²) in [7, 11) is 0. The molecule has 1 heterocycles. The average molecular weight is 457 g/mol. The van der Waals surface area contributed by atoms with Crippen molar-refractivity contribution in [2.24, 2.45) is 4.99 Å². The van der Waals surface area contributed by atoms with Gasteiger partial charge in [0.15, 0.2) is 11.8 Å². The van der Waals surface area contributed by atoms with E-state index in [0.717, 1.165) is 25.5 Å². The van der Waals surface area contributed by atoms with E-state index in [0.29, 0.717) is 24.7 Å². The van der Waals surface area contributed by atoms with Crippen LogP contribution in [0.15, 0.2) is 27.7 Å². The number of guanidine groups is 1. The summed E-state index contributed by atoms with van der Waals surface area (Å²) in [6.45, 7) is 10.4. The Morgan fingerprint density at radius 1 is 1.08 bits per heavy atom. The number of aliphatic imine (C=N–C) groups is 1. The van der Waals surface area contributed by atoms with E-state index in [1.165, 1.54) is 16.7 Å². The van der Waals surface area contributed by atoms with Gasteiger partial charge < -0.3 is 15.2 Å². The molecule has 0 aliphatic rings. The van der Waals surface area contributed by atoms with Crippen LogP contribution in [-0.4, -0.2) is 35.7 Å². The van der Waals surface area contributed by atoms with Crippen molar-refractivity contribution in [3.63, 3.8) is 0 Å². The molecule has 0 atom stereocenters. The molecule has 0 amide bonds. The van der Waals surface area contributed by atoms with Gasteiger partial charge in [-0.2, -0.15) is 4.98 Å². The third-order valence-corrected chi connectivity index (χ3v) is 3.50. The fourth-order valence-corrected chi connectivity index (χ4v) is 2.59. The molecule has 0 aliphatic carbocycles. The molecule has 2 rings (SSSR count). The van der Waals surface area contributed by atoms with Gasteiger partial charge in [-0.1, -0.05) is 34.5 Å². The van der Waals surface area contributed by atoms with Crippen LogP contribution in [0.3, 0.4) is 0 Å². The zero-order chi connectivity index (χ0) is 17.4. The van der Waals surface area contributed by atoms with Crippen molar-refractivity contribution in [2.75, 3.05) is 19.6 Å². The minimum Gasteiger partial charge on any atom is -0.357 e. The molecular weight excluding hydrogens is 429 g/mol. The number of hydrogen-bond donors (Lipinski definition) is 2. The number of nitrogens with one attached hydrogen (secondary N) is 2. The molecule has 2 N–H and O–H groups in total. The van der Waals surface area contributed by atoms with Crippen molar-refractivity contribution in [1.82, 2.24) is 20.8 Å². The monoisotopic (exact) mass is 457 g/mol. The molecule has 0 bridgehead atoms. The number of rotatable bonds is 7. The summed E-state index contributed by atoms with van der Waals surface area (Å²) in [5.41, 5.74) is 3.96. The van der Waals surface area contributed by atoms with Crippen molar-refractivity contribution in [1.29, 1.82) is 0 Å². The third-order valence-electron chi connectivity index (χ3n) is 3.50. The van der Waals surface area contributed by atoms with Gasteiger partial charge in [0, 0.05) is 19.5 Å². The fraction of sp³-hybridized carbons (Fsp3) is 0.500. The molecule has 1 aromatic carbocycles. The standard InChI is InChI=1S/C18H27N5O.HI/c1-5-19-18(21-9-7-17-22-15(4)23-24-17)20-8-6-16-11-13(2)10-14(3)12-16;/h10-12H,5-9H2,1-4H3,(H2,19,20,21);1H. The molecule has 0 unspecified atom stereocenters. The number of hydrogen-bond acceptors (Lipinski definition) is 4. The van der Waals surface area contributed by atoms with Crippen LogP contribution in [0, 0.1) is 20.8 Å². The zero-order valence-corrected chi connectivity index (χ0v) is 17.8. The molecule has 0 spiro atoms. The van der Waals surface area contributed by atoms with E-state index < -0.39 is 0 Å². The molecule has 0 fully saturated rings. The Labute approximate surface area is 166 Å². The number of aryl methyl sites for hydroxylation is 3. The predicted octanol–water partition coefficient (Wildman–Crippen LogP) is 2.95. The smallest absolute Gasteiger partial charge is 0.228 e. The maximum atomic E-state index is 5.10. The van der Waals surface area contributed by atoms with Crippen molar-refractivity contribution in [3.8, 4) is 0 Å². The fourth-order valence-electron chi connectivity index (χ4n) is 2.59. The summed E-state index contributed by atoms with van der Waals surface area (Å²) in [6, 6.07) is 6.66. The first-order valence-electron chi connectivity index (χ1n) is 8.45. The molecule has 0 radical (unpaired) electrons. The zero-order valence-electron chi connectivity index (χ0n) is 15.4. The second-order valence-corrected chi connectivity index (χ2v) is 5.92. The van der Waals surface area contributed by atoms with Crippen LogP contribution in [-0.2, 0) is 12.8 Å². The number of halogens is 1. The molecular formula is C18H28IN5O. The van der Waals surface area contributed by atoms with Crippen LogP contribution in [0.4, 0.5) is 0 Å². The summed E-state index contributed by atoms with van der Waals surface area (Å²) in [5.74, 6) is 2.10. The van der Waals surface area contributed by atoms with Crippen molar-refractivity contribution in [3.05, 3.63) is 46.6 Å². The van der Waals surface area contributed by atoms with E-state index in [2.05, 4.69) is 64.7 Å². The van der Waals surface area contributed by atoms with Crippen LogP contribution >= 0.6 is 24.0 Å². The van der Waals surface area contributed by atoms with Crippen molar-refractivity contribution in [2.45, 2.75) is 40.5 Å². The molecule has 7 heteroatoms. The van der Waals surface area contributed by atoms with E-state index in [4.69, 9.17) is 4.52 Å². The highest BCUT2D eigenvalue weighted by Gasteiger charge is 2.03. The molecule has 138 valence electrons. The lowest BCUT2D eigenvalue weighted by atomic mass is 10.1. The Morgan fingerprint density at radius 2 is 1.80 bits per heavy atom. The number of nitrogens with zero attached hydrogens (tertiary/aromatic N) is 3. The van der Waals surface area contributed by atoms with E-state index >= 15 is 0 Å². The third kappa shape index (κ3) is 7.85. The van der Waals surface area contributed by atoms with E-state index in [1.54, 1.807) is 0 Å². The van der Waals surface area contributed by atoms with Crippen LogP contribution in [0.2, 0.25) is 0 Å². The van der Waals surface area contributed by atoms with E-state index in [9.17, 15) is 0 Å². The first kappa shape index (κ1) is 21.4. The Bertz CT molecular complexity index is 664. The van der Waals surface area contributed by atoms with Crippen molar-refractivity contribution < 1.29 is 4.52 Å². The maximum Gasteiger partial charge on any atom is 0.228 e. The van der Waals surface area contributed by atoms with Crippen LogP contribution in [0.1, 0.15) is 35.3 Å². The SMILES string of the molecule is CCNC(=NCCc1nc(C)no1)NCCc1cc(C)cc(C)c1.I. The summed E-state index contributed by atoms with van der Waals surface area (Å²) < 4.78 is 5.10. The molecule has 0 aliphatic heterocycles. The number of benzene rings is 1. The topological polar surface area (TPSA) is 75.3 Å². The number of aromatic nitrogens is 2. The minimum absolute atomic E-state index is 0. The van der Waals surface area contributed by atoms with Gasteiger partial charge in [-0.25, -0.2) is 0 Å². The summed E-state index contributed by atoms with van der Waals surface area (Å²) in [4.78, 5) is 8.73. The molecule has 0 saturated carbocycles. The van der Waals surface area contributed by atoms with Gasteiger partial charge in [0.2, 0.25) is 5.89 Å². The lowest BCUT2D eigenvalue weighted by Gasteiger charge is -2.11. The Morgan fingerprint density at radius 3 is 2.40 bits per heavy atom. The first-order valence-corrected chi connectivity index (χ1v) is 8.45. The summed E-state index contributed by atoms with van der Waals surface area (Å²) in [6.07, 6.45) is 1.62. The van der Waals surface area contributed by atoms with Gasteiger partial charge in [0.05, 0.1) is 6.54 Å². The normalized spacial score (nSPS) is 11.1. The maximum absolute atomic E-state index is 5.10. The lowest BCUT2D eigenvalue weighted by molar-refractivity contribution is 0.376. The molecule has 2 aromatic rings.